The number of carbonyl (C=O) groups is 1. The van der Waals surface area contributed by atoms with Crippen LogP contribution in [0.25, 0.3) is 10.8 Å². The van der Waals surface area contributed by atoms with Crippen molar-refractivity contribution in [1.29, 1.82) is 0 Å². The minimum absolute atomic E-state index is 0.0340. The molecule has 26 heavy (non-hydrogen) atoms. The molecule has 136 valence electrons. The maximum atomic E-state index is 12.4. The zero-order valence-corrected chi connectivity index (χ0v) is 16.0. The van der Waals surface area contributed by atoms with Gasteiger partial charge in [0.15, 0.2) is 12.6 Å². The van der Waals surface area contributed by atoms with E-state index in [-0.39, 0.29) is 11.9 Å². The molecule has 2 aromatic heterocycles. The van der Waals surface area contributed by atoms with Crippen LogP contribution in [0.1, 0.15) is 31.3 Å². The molecule has 2 atom stereocenters. The number of hydrogen-bond donors (Lipinski definition) is 2. The number of rotatable bonds is 7. The van der Waals surface area contributed by atoms with E-state index in [1.807, 2.05) is 55.7 Å². The number of anilines is 1. The van der Waals surface area contributed by atoms with E-state index in [0.717, 1.165) is 27.4 Å². The smallest absolute Gasteiger partial charge is 0.279 e. The lowest BCUT2D eigenvalue weighted by Gasteiger charge is -2.18. The highest BCUT2D eigenvalue weighted by atomic mass is 32.1. The van der Waals surface area contributed by atoms with Gasteiger partial charge in [-0.2, -0.15) is 0 Å². The summed E-state index contributed by atoms with van der Waals surface area (Å²) in [5.41, 5.74) is 2.00. The molecule has 0 aliphatic carbocycles. The first-order valence-electron chi connectivity index (χ1n) is 8.65. The Hall–Kier alpha value is -2.51. The van der Waals surface area contributed by atoms with Gasteiger partial charge in [0.2, 0.25) is 0 Å². The van der Waals surface area contributed by atoms with Crippen LogP contribution in [0.3, 0.4) is 0 Å². The SMILES string of the molecule is CCc1ccccc1NC(=O)C[NH+](C)[C@@H](C)c1nnc(-c2cccs2)o1. The van der Waals surface area contributed by atoms with Crippen LogP contribution in [0.5, 0.6) is 0 Å². The van der Waals surface area contributed by atoms with Crippen molar-refractivity contribution in [2.75, 3.05) is 18.9 Å². The lowest BCUT2D eigenvalue weighted by Crippen LogP contribution is -3.10. The van der Waals surface area contributed by atoms with E-state index in [2.05, 4.69) is 22.4 Å². The van der Waals surface area contributed by atoms with Crippen LogP contribution in [-0.2, 0) is 11.2 Å². The highest BCUT2D eigenvalue weighted by molar-refractivity contribution is 7.13. The zero-order valence-electron chi connectivity index (χ0n) is 15.2. The van der Waals surface area contributed by atoms with Gasteiger partial charge in [-0.25, -0.2) is 0 Å². The molecule has 2 N–H and O–H groups in total. The number of para-hydroxylation sites is 1. The summed E-state index contributed by atoms with van der Waals surface area (Å²) >= 11 is 1.56. The first-order chi connectivity index (χ1) is 12.6. The van der Waals surface area contributed by atoms with Gasteiger partial charge in [-0.05, 0) is 36.4 Å². The summed E-state index contributed by atoms with van der Waals surface area (Å²) in [4.78, 5) is 14.4. The van der Waals surface area contributed by atoms with Gasteiger partial charge in [0, 0.05) is 5.69 Å². The molecule has 1 amide bonds. The Bertz CT molecular complexity index is 860. The van der Waals surface area contributed by atoms with Gasteiger partial charge < -0.3 is 14.6 Å². The summed E-state index contributed by atoms with van der Waals surface area (Å²) in [5.74, 6) is 1.02. The molecule has 7 heteroatoms. The van der Waals surface area contributed by atoms with Crippen molar-refractivity contribution >= 4 is 22.9 Å². The monoisotopic (exact) mass is 371 g/mol. The van der Waals surface area contributed by atoms with E-state index in [1.165, 1.54) is 0 Å². The number of benzene rings is 1. The summed E-state index contributed by atoms with van der Waals surface area (Å²) in [7, 11) is 1.95. The maximum Gasteiger partial charge on any atom is 0.279 e. The third-order valence-electron chi connectivity index (χ3n) is 4.39. The average molecular weight is 371 g/mol. The number of aromatic nitrogens is 2. The number of carbonyl (C=O) groups excluding carboxylic acids is 1. The highest BCUT2D eigenvalue weighted by Crippen LogP contribution is 2.24. The number of aryl methyl sites for hydroxylation is 1. The van der Waals surface area contributed by atoms with Crippen LogP contribution in [0.15, 0.2) is 46.2 Å². The van der Waals surface area contributed by atoms with Crippen LogP contribution in [-0.4, -0.2) is 29.7 Å². The second-order valence-electron chi connectivity index (χ2n) is 6.23. The van der Waals surface area contributed by atoms with Crippen LogP contribution in [0.2, 0.25) is 0 Å². The van der Waals surface area contributed by atoms with Crippen LogP contribution in [0.4, 0.5) is 5.69 Å². The van der Waals surface area contributed by atoms with Crippen LogP contribution >= 0.6 is 11.3 Å². The van der Waals surface area contributed by atoms with Gasteiger partial charge in [-0.1, -0.05) is 31.2 Å². The van der Waals surface area contributed by atoms with Crippen LogP contribution < -0.4 is 10.2 Å². The molecular formula is C19H23N4O2S+. The number of nitrogens with zero attached hydrogens (tertiary/aromatic N) is 2. The largest absolute Gasteiger partial charge is 0.414 e. The van der Waals surface area contributed by atoms with E-state index < -0.39 is 0 Å². The average Bonchev–Trinajstić information content (AvgIpc) is 3.32. The topological polar surface area (TPSA) is 72.5 Å². The van der Waals surface area contributed by atoms with Crippen molar-refractivity contribution in [2.24, 2.45) is 0 Å². The van der Waals surface area contributed by atoms with Gasteiger partial charge in [0.25, 0.3) is 17.7 Å². The molecule has 0 fully saturated rings. The van der Waals surface area contributed by atoms with Crippen molar-refractivity contribution in [3.05, 3.63) is 53.2 Å². The molecule has 3 aromatic rings. The fourth-order valence-electron chi connectivity index (χ4n) is 2.67. The third-order valence-corrected chi connectivity index (χ3v) is 5.25. The number of likely N-dealkylation sites (N-methyl/N-ethyl adjacent to an activating group) is 1. The maximum absolute atomic E-state index is 12.4. The lowest BCUT2D eigenvalue weighted by atomic mass is 10.1. The molecule has 0 saturated carbocycles. The van der Waals surface area contributed by atoms with Gasteiger partial charge in [-0.15, -0.1) is 21.5 Å². The predicted octanol–water partition coefficient (Wildman–Crippen LogP) is 2.57. The molecule has 0 saturated heterocycles. The van der Waals surface area contributed by atoms with Crippen molar-refractivity contribution in [3.8, 4) is 10.8 Å². The second-order valence-corrected chi connectivity index (χ2v) is 7.17. The fourth-order valence-corrected chi connectivity index (χ4v) is 3.32. The first kappa shape index (κ1) is 18.3. The Kier molecular flexibility index (Phi) is 5.80. The van der Waals surface area contributed by atoms with Crippen molar-refractivity contribution in [3.63, 3.8) is 0 Å². The summed E-state index contributed by atoms with van der Waals surface area (Å²) in [6.45, 7) is 4.37. The quantitative estimate of drug-likeness (QED) is 0.670. The Morgan fingerprint density at radius 3 is 2.81 bits per heavy atom. The number of quaternary nitrogens is 1. The van der Waals surface area contributed by atoms with E-state index in [1.54, 1.807) is 11.3 Å². The Morgan fingerprint density at radius 2 is 2.08 bits per heavy atom. The zero-order chi connectivity index (χ0) is 18.5. The molecule has 1 unspecified atom stereocenters. The fraction of sp³-hybridized carbons (Fsp3) is 0.316. The standard InChI is InChI=1S/C19H22N4O2S/c1-4-14-8-5-6-9-15(14)20-17(24)12-23(3)13(2)18-21-22-19(25-18)16-10-7-11-26-16/h5-11,13H,4,12H2,1-3H3,(H,20,24)/p+1/t13-/m0/s1. The minimum atomic E-state index is -0.0802. The minimum Gasteiger partial charge on any atom is -0.414 e. The van der Waals surface area contributed by atoms with E-state index in [4.69, 9.17) is 4.42 Å². The number of nitrogens with one attached hydrogen (secondary N) is 2. The van der Waals surface area contributed by atoms with Gasteiger partial charge in [0.1, 0.15) is 0 Å². The molecule has 0 spiro atoms. The molecule has 3 rings (SSSR count). The number of thiophene rings is 1. The molecule has 0 bridgehead atoms. The Morgan fingerprint density at radius 1 is 1.27 bits per heavy atom. The molecular weight excluding hydrogens is 348 g/mol. The van der Waals surface area contributed by atoms with Crippen LogP contribution in [0, 0.1) is 0 Å². The molecule has 6 nitrogen and oxygen atoms in total. The van der Waals surface area contributed by atoms with E-state index in [9.17, 15) is 4.79 Å². The molecule has 2 heterocycles. The van der Waals surface area contributed by atoms with Gasteiger partial charge in [-0.3, -0.25) is 4.79 Å². The predicted molar refractivity (Wildman–Crippen MR) is 102 cm³/mol. The lowest BCUT2D eigenvalue weighted by molar-refractivity contribution is -0.903. The summed E-state index contributed by atoms with van der Waals surface area (Å²) in [6.07, 6.45) is 0.878. The van der Waals surface area contributed by atoms with Gasteiger partial charge >= 0.3 is 0 Å². The number of hydrogen-bond acceptors (Lipinski definition) is 5. The third kappa shape index (κ3) is 4.17. The molecule has 1 aromatic carbocycles. The molecule has 0 aliphatic heterocycles. The number of amides is 1. The van der Waals surface area contributed by atoms with Gasteiger partial charge in [0.05, 0.1) is 11.9 Å². The van der Waals surface area contributed by atoms with E-state index in [0.29, 0.717) is 18.3 Å². The molecule has 0 aliphatic rings. The summed E-state index contributed by atoms with van der Waals surface area (Å²) in [6, 6.07) is 11.7. The second kappa shape index (κ2) is 8.25. The van der Waals surface area contributed by atoms with Crippen molar-refractivity contribution in [1.82, 2.24) is 10.2 Å². The normalized spacial score (nSPS) is 13.3. The van der Waals surface area contributed by atoms with Crippen molar-refractivity contribution in [2.45, 2.75) is 26.3 Å². The van der Waals surface area contributed by atoms with Crippen molar-refractivity contribution < 1.29 is 14.1 Å². The molecule has 0 radical (unpaired) electrons. The van der Waals surface area contributed by atoms with E-state index >= 15 is 0 Å². The summed E-state index contributed by atoms with van der Waals surface area (Å²) < 4.78 is 5.78. The highest BCUT2D eigenvalue weighted by Gasteiger charge is 2.24. The Labute approximate surface area is 156 Å². The first-order valence-corrected chi connectivity index (χ1v) is 9.53. The summed E-state index contributed by atoms with van der Waals surface area (Å²) in [5, 5.41) is 13.2. The Balaban J connectivity index is 1.62.